The van der Waals surface area contributed by atoms with Crippen molar-refractivity contribution in [3.63, 3.8) is 0 Å². The van der Waals surface area contributed by atoms with Crippen LogP contribution in [-0.4, -0.2) is 44.9 Å². The van der Waals surface area contributed by atoms with E-state index >= 15 is 0 Å². The molecule has 0 amide bonds. The SMILES string of the molecule is CC(C)CNCC1CCN(S(=O)(=O)NC2CC2)CC1. The maximum atomic E-state index is 12.0. The zero-order chi connectivity index (χ0) is 13.9. The Labute approximate surface area is 117 Å². The first-order chi connectivity index (χ1) is 8.97. The molecule has 0 atom stereocenters. The summed E-state index contributed by atoms with van der Waals surface area (Å²) in [4.78, 5) is 0. The fourth-order valence-electron chi connectivity index (χ4n) is 2.42. The van der Waals surface area contributed by atoms with Crippen molar-refractivity contribution in [2.75, 3.05) is 26.2 Å². The summed E-state index contributed by atoms with van der Waals surface area (Å²) in [6.07, 6.45) is 3.93. The molecule has 0 aromatic rings. The molecule has 0 unspecified atom stereocenters. The third kappa shape index (κ3) is 5.02. The van der Waals surface area contributed by atoms with Crippen LogP contribution in [0.4, 0.5) is 0 Å². The zero-order valence-corrected chi connectivity index (χ0v) is 12.9. The van der Waals surface area contributed by atoms with Crippen LogP contribution in [-0.2, 0) is 10.2 Å². The highest BCUT2D eigenvalue weighted by Gasteiger charge is 2.33. The van der Waals surface area contributed by atoms with Crippen LogP contribution in [0.3, 0.4) is 0 Å². The second-order valence-corrected chi connectivity index (χ2v) is 7.99. The minimum Gasteiger partial charge on any atom is -0.316 e. The van der Waals surface area contributed by atoms with Gasteiger partial charge in [0.15, 0.2) is 0 Å². The third-order valence-corrected chi connectivity index (χ3v) is 5.47. The molecule has 6 heteroatoms. The van der Waals surface area contributed by atoms with Crippen molar-refractivity contribution in [2.24, 2.45) is 11.8 Å². The van der Waals surface area contributed by atoms with E-state index in [-0.39, 0.29) is 6.04 Å². The Morgan fingerprint density at radius 2 is 1.79 bits per heavy atom. The average molecular weight is 289 g/mol. The largest absolute Gasteiger partial charge is 0.316 e. The first kappa shape index (κ1) is 15.2. The van der Waals surface area contributed by atoms with Crippen molar-refractivity contribution < 1.29 is 8.42 Å². The molecule has 2 rings (SSSR count). The van der Waals surface area contributed by atoms with E-state index in [0.717, 1.165) is 38.8 Å². The summed E-state index contributed by atoms with van der Waals surface area (Å²) in [5.74, 6) is 1.29. The van der Waals surface area contributed by atoms with Crippen LogP contribution in [0.15, 0.2) is 0 Å². The minimum absolute atomic E-state index is 0.204. The van der Waals surface area contributed by atoms with Crippen molar-refractivity contribution >= 4 is 10.2 Å². The van der Waals surface area contributed by atoms with E-state index in [1.54, 1.807) is 4.31 Å². The Bertz CT molecular complexity index is 371. The van der Waals surface area contributed by atoms with E-state index in [4.69, 9.17) is 0 Å². The lowest BCUT2D eigenvalue weighted by atomic mass is 9.98. The molecule has 1 heterocycles. The van der Waals surface area contributed by atoms with Crippen molar-refractivity contribution in [3.8, 4) is 0 Å². The molecule has 0 bridgehead atoms. The lowest BCUT2D eigenvalue weighted by molar-refractivity contribution is 0.263. The summed E-state index contributed by atoms with van der Waals surface area (Å²) in [5.41, 5.74) is 0. The van der Waals surface area contributed by atoms with Crippen molar-refractivity contribution in [3.05, 3.63) is 0 Å². The Hall–Kier alpha value is -0.170. The number of hydrogen-bond donors (Lipinski definition) is 2. The first-order valence-corrected chi connectivity index (χ1v) is 8.89. The average Bonchev–Trinajstić information content (AvgIpc) is 3.12. The van der Waals surface area contributed by atoms with Gasteiger partial charge in [0.05, 0.1) is 0 Å². The molecule has 1 aliphatic carbocycles. The third-order valence-electron chi connectivity index (χ3n) is 3.79. The van der Waals surface area contributed by atoms with E-state index in [9.17, 15) is 8.42 Å². The molecule has 1 aliphatic heterocycles. The van der Waals surface area contributed by atoms with Crippen LogP contribution in [0.25, 0.3) is 0 Å². The molecule has 112 valence electrons. The van der Waals surface area contributed by atoms with Gasteiger partial charge in [-0.2, -0.15) is 17.4 Å². The number of piperidine rings is 1. The van der Waals surface area contributed by atoms with Crippen LogP contribution in [0.2, 0.25) is 0 Å². The fourth-order valence-corrected chi connectivity index (χ4v) is 3.91. The van der Waals surface area contributed by atoms with Gasteiger partial charge in [-0.25, -0.2) is 0 Å². The van der Waals surface area contributed by atoms with Gasteiger partial charge in [-0.15, -0.1) is 0 Å². The van der Waals surface area contributed by atoms with Gasteiger partial charge in [0, 0.05) is 19.1 Å². The van der Waals surface area contributed by atoms with E-state index in [1.807, 2.05) is 0 Å². The molecule has 0 aromatic carbocycles. The van der Waals surface area contributed by atoms with Gasteiger partial charge in [-0.05, 0) is 50.6 Å². The molecule has 0 aromatic heterocycles. The first-order valence-electron chi connectivity index (χ1n) is 7.45. The van der Waals surface area contributed by atoms with Crippen molar-refractivity contribution in [1.82, 2.24) is 14.3 Å². The Morgan fingerprint density at radius 1 is 1.16 bits per heavy atom. The van der Waals surface area contributed by atoms with Crippen molar-refractivity contribution in [2.45, 2.75) is 45.6 Å². The Balaban J connectivity index is 1.69. The highest BCUT2D eigenvalue weighted by Crippen LogP contribution is 2.23. The fraction of sp³-hybridized carbons (Fsp3) is 1.00. The molecule has 0 spiro atoms. The lowest BCUT2D eigenvalue weighted by Crippen LogP contribution is -2.46. The van der Waals surface area contributed by atoms with Gasteiger partial charge in [0.2, 0.25) is 0 Å². The van der Waals surface area contributed by atoms with Gasteiger partial charge in [0.1, 0.15) is 0 Å². The highest BCUT2D eigenvalue weighted by atomic mass is 32.2. The molecule has 2 fully saturated rings. The molecule has 0 radical (unpaired) electrons. The Kier molecular flexibility index (Phi) is 5.22. The summed E-state index contributed by atoms with van der Waals surface area (Å²) in [6, 6.07) is 0.204. The van der Waals surface area contributed by atoms with Gasteiger partial charge < -0.3 is 5.32 Å². The summed E-state index contributed by atoms with van der Waals surface area (Å²) in [6.45, 7) is 7.79. The topological polar surface area (TPSA) is 61.4 Å². The van der Waals surface area contributed by atoms with E-state index in [2.05, 4.69) is 23.9 Å². The predicted octanol–water partition coefficient (Wildman–Crippen LogP) is 0.941. The lowest BCUT2D eigenvalue weighted by Gasteiger charge is -2.31. The second-order valence-electron chi connectivity index (χ2n) is 6.29. The zero-order valence-electron chi connectivity index (χ0n) is 12.1. The normalized spacial score (nSPS) is 23.1. The van der Waals surface area contributed by atoms with Crippen LogP contribution in [0.1, 0.15) is 39.5 Å². The molecular formula is C13H27N3O2S. The number of hydrogen-bond acceptors (Lipinski definition) is 3. The number of nitrogens with zero attached hydrogens (tertiary/aromatic N) is 1. The summed E-state index contributed by atoms with van der Waals surface area (Å²) < 4.78 is 28.5. The van der Waals surface area contributed by atoms with Gasteiger partial charge in [0.25, 0.3) is 10.2 Å². The monoisotopic (exact) mass is 289 g/mol. The quantitative estimate of drug-likeness (QED) is 0.733. The van der Waals surface area contributed by atoms with E-state index in [0.29, 0.717) is 24.9 Å². The van der Waals surface area contributed by atoms with Crippen LogP contribution in [0, 0.1) is 11.8 Å². The molecule has 19 heavy (non-hydrogen) atoms. The molecule has 2 N–H and O–H groups in total. The van der Waals surface area contributed by atoms with E-state index in [1.165, 1.54) is 0 Å². The summed E-state index contributed by atoms with van der Waals surface area (Å²) in [5, 5.41) is 3.47. The highest BCUT2D eigenvalue weighted by molar-refractivity contribution is 7.87. The Morgan fingerprint density at radius 3 is 2.32 bits per heavy atom. The molecule has 1 saturated carbocycles. The summed E-state index contributed by atoms with van der Waals surface area (Å²) in [7, 11) is -3.21. The molecule has 5 nitrogen and oxygen atoms in total. The second kappa shape index (κ2) is 6.52. The molecular weight excluding hydrogens is 262 g/mol. The van der Waals surface area contributed by atoms with Gasteiger partial charge >= 0.3 is 0 Å². The smallest absolute Gasteiger partial charge is 0.279 e. The maximum absolute atomic E-state index is 12.0. The predicted molar refractivity (Wildman–Crippen MR) is 77.1 cm³/mol. The molecule has 2 aliphatic rings. The number of rotatable bonds is 7. The standard InChI is InChI=1S/C13H27N3O2S/c1-11(2)9-14-10-12-5-7-16(8-6-12)19(17,18)15-13-3-4-13/h11-15H,3-10H2,1-2H3. The minimum atomic E-state index is -3.21. The van der Waals surface area contributed by atoms with Crippen LogP contribution in [0.5, 0.6) is 0 Å². The van der Waals surface area contributed by atoms with Crippen LogP contribution >= 0.6 is 0 Å². The van der Waals surface area contributed by atoms with Crippen LogP contribution < -0.4 is 10.0 Å². The van der Waals surface area contributed by atoms with Gasteiger partial charge in [-0.3, -0.25) is 0 Å². The summed E-state index contributed by atoms with van der Waals surface area (Å²) >= 11 is 0. The maximum Gasteiger partial charge on any atom is 0.279 e. The van der Waals surface area contributed by atoms with Gasteiger partial charge in [-0.1, -0.05) is 13.8 Å². The van der Waals surface area contributed by atoms with Crippen molar-refractivity contribution in [1.29, 1.82) is 0 Å². The van der Waals surface area contributed by atoms with E-state index < -0.39 is 10.2 Å². The molecule has 1 saturated heterocycles. The number of nitrogens with one attached hydrogen (secondary N) is 2.